The van der Waals surface area contributed by atoms with E-state index >= 15 is 0 Å². The molecule has 2 amide bonds. The average molecular weight is 377 g/mol. The lowest BCUT2D eigenvalue weighted by Gasteiger charge is -2.52. The van der Waals surface area contributed by atoms with Gasteiger partial charge < -0.3 is 9.80 Å². The van der Waals surface area contributed by atoms with Crippen LogP contribution in [0.2, 0.25) is 0 Å². The third-order valence-corrected chi connectivity index (χ3v) is 6.26. The van der Waals surface area contributed by atoms with Crippen LogP contribution in [0.4, 0.5) is 0 Å². The number of halogens is 1. The summed E-state index contributed by atoms with van der Waals surface area (Å²) in [6.45, 7) is 2.39. The SMILES string of the molecule is O=C(c1ccccc1Br)N1CC2CC(C1)C1CCCC(=O)N1C2. The van der Waals surface area contributed by atoms with Gasteiger partial charge in [-0.1, -0.05) is 12.1 Å². The summed E-state index contributed by atoms with van der Waals surface area (Å²) in [5.41, 5.74) is 0.740. The Hall–Kier alpha value is -1.36. The number of amides is 2. The van der Waals surface area contributed by atoms with E-state index in [1.54, 1.807) is 0 Å². The molecule has 4 rings (SSSR count). The van der Waals surface area contributed by atoms with Crippen LogP contribution in [0.15, 0.2) is 28.7 Å². The first kappa shape index (κ1) is 15.2. The molecular weight excluding hydrogens is 356 g/mol. The second kappa shape index (κ2) is 5.93. The van der Waals surface area contributed by atoms with Gasteiger partial charge in [-0.15, -0.1) is 0 Å². The fraction of sp³-hybridized carbons (Fsp3) is 0.556. The molecule has 1 aromatic carbocycles. The van der Waals surface area contributed by atoms with Gasteiger partial charge in [0.1, 0.15) is 0 Å². The van der Waals surface area contributed by atoms with Gasteiger partial charge in [0, 0.05) is 36.6 Å². The zero-order valence-electron chi connectivity index (χ0n) is 13.1. The number of rotatable bonds is 1. The maximum atomic E-state index is 12.9. The molecule has 3 aliphatic rings. The lowest BCUT2D eigenvalue weighted by Crippen LogP contribution is -2.61. The molecule has 5 heteroatoms. The van der Waals surface area contributed by atoms with Crippen molar-refractivity contribution in [2.45, 2.75) is 31.7 Å². The molecule has 0 saturated carbocycles. The van der Waals surface area contributed by atoms with Crippen LogP contribution in [0.3, 0.4) is 0 Å². The van der Waals surface area contributed by atoms with Crippen LogP contribution in [0.5, 0.6) is 0 Å². The highest BCUT2D eigenvalue weighted by Gasteiger charge is 2.44. The Labute approximate surface area is 145 Å². The lowest BCUT2D eigenvalue weighted by atomic mass is 9.76. The standard InChI is InChI=1S/C18H21BrN2O2/c19-15-5-2-1-4-14(15)18(23)20-9-12-8-13(11-20)16-6-3-7-17(22)21(16)10-12/h1-2,4-5,12-13,16H,3,6-11H2. The van der Waals surface area contributed by atoms with E-state index in [0.717, 1.165) is 48.9 Å². The second-order valence-electron chi connectivity index (χ2n) is 7.06. The molecule has 2 bridgehead atoms. The van der Waals surface area contributed by atoms with E-state index in [2.05, 4.69) is 20.8 Å². The molecule has 0 radical (unpaired) electrons. The highest BCUT2D eigenvalue weighted by Crippen LogP contribution is 2.38. The Bertz CT molecular complexity index is 648. The molecule has 3 saturated heterocycles. The zero-order valence-corrected chi connectivity index (χ0v) is 14.7. The van der Waals surface area contributed by atoms with Crippen molar-refractivity contribution in [3.05, 3.63) is 34.3 Å². The van der Waals surface area contributed by atoms with Gasteiger partial charge in [-0.2, -0.15) is 0 Å². The summed E-state index contributed by atoms with van der Waals surface area (Å²) in [5.74, 6) is 1.31. The van der Waals surface area contributed by atoms with Gasteiger partial charge in [0.2, 0.25) is 5.91 Å². The smallest absolute Gasteiger partial charge is 0.255 e. The summed E-state index contributed by atoms with van der Waals surface area (Å²) in [7, 11) is 0. The molecule has 23 heavy (non-hydrogen) atoms. The Morgan fingerprint density at radius 2 is 2.00 bits per heavy atom. The Balaban J connectivity index is 1.55. The predicted octanol–water partition coefficient (Wildman–Crippen LogP) is 2.92. The molecule has 0 spiro atoms. The van der Waals surface area contributed by atoms with Crippen LogP contribution < -0.4 is 0 Å². The van der Waals surface area contributed by atoms with Gasteiger partial charge in [0.15, 0.2) is 0 Å². The minimum absolute atomic E-state index is 0.114. The molecule has 3 unspecified atom stereocenters. The van der Waals surface area contributed by atoms with Gasteiger partial charge in [-0.05, 0) is 59.2 Å². The molecule has 1 aromatic rings. The van der Waals surface area contributed by atoms with E-state index in [4.69, 9.17) is 0 Å². The summed E-state index contributed by atoms with van der Waals surface area (Å²) in [6, 6.07) is 7.98. The molecule has 3 heterocycles. The summed E-state index contributed by atoms with van der Waals surface area (Å²) in [4.78, 5) is 29.2. The molecule has 122 valence electrons. The van der Waals surface area contributed by atoms with Crippen LogP contribution in [0.25, 0.3) is 0 Å². The number of hydrogen-bond acceptors (Lipinski definition) is 2. The monoisotopic (exact) mass is 376 g/mol. The van der Waals surface area contributed by atoms with Crippen LogP contribution in [-0.4, -0.2) is 47.3 Å². The maximum absolute atomic E-state index is 12.9. The van der Waals surface area contributed by atoms with Crippen molar-refractivity contribution >= 4 is 27.7 Å². The minimum atomic E-state index is 0.114. The topological polar surface area (TPSA) is 40.6 Å². The Morgan fingerprint density at radius 1 is 1.17 bits per heavy atom. The van der Waals surface area contributed by atoms with Crippen molar-refractivity contribution < 1.29 is 9.59 Å². The average Bonchev–Trinajstić information content (AvgIpc) is 2.55. The van der Waals surface area contributed by atoms with Gasteiger partial charge in [0.25, 0.3) is 5.91 Å². The zero-order chi connectivity index (χ0) is 16.0. The molecule has 0 N–H and O–H groups in total. The number of carbonyl (C=O) groups excluding carboxylic acids is 2. The fourth-order valence-electron chi connectivity index (χ4n) is 4.58. The van der Waals surface area contributed by atoms with Gasteiger partial charge in [-0.3, -0.25) is 9.59 Å². The Morgan fingerprint density at radius 3 is 2.83 bits per heavy atom. The molecule has 0 aliphatic carbocycles. The molecule has 4 nitrogen and oxygen atoms in total. The van der Waals surface area contributed by atoms with Crippen molar-refractivity contribution in [2.24, 2.45) is 11.8 Å². The molecular formula is C18H21BrN2O2. The summed E-state index contributed by atoms with van der Waals surface area (Å²) < 4.78 is 0.857. The summed E-state index contributed by atoms with van der Waals surface area (Å²) >= 11 is 3.49. The summed E-state index contributed by atoms with van der Waals surface area (Å²) in [6.07, 6.45) is 3.96. The summed E-state index contributed by atoms with van der Waals surface area (Å²) in [5, 5.41) is 0. The van der Waals surface area contributed by atoms with E-state index in [-0.39, 0.29) is 5.91 Å². The van der Waals surface area contributed by atoms with Gasteiger partial charge in [0.05, 0.1) is 5.56 Å². The number of nitrogens with zero attached hydrogens (tertiary/aromatic N) is 2. The fourth-order valence-corrected chi connectivity index (χ4v) is 5.04. The first-order chi connectivity index (χ1) is 11.1. The first-order valence-electron chi connectivity index (χ1n) is 8.47. The van der Waals surface area contributed by atoms with Crippen LogP contribution in [0.1, 0.15) is 36.0 Å². The molecule has 3 aliphatic heterocycles. The third kappa shape index (κ3) is 2.69. The Kier molecular flexibility index (Phi) is 3.92. The van der Waals surface area contributed by atoms with Crippen molar-refractivity contribution in [3.8, 4) is 0 Å². The number of carbonyl (C=O) groups is 2. The first-order valence-corrected chi connectivity index (χ1v) is 9.26. The number of benzene rings is 1. The lowest BCUT2D eigenvalue weighted by molar-refractivity contribution is -0.144. The van der Waals surface area contributed by atoms with E-state index in [9.17, 15) is 9.59 Å². The quantitative estimate of drug-likeness (QED) is 0.755. The minimum Gasteiger partial charge on any atom is -0.339 e. The van der Waals surface area contributed by atoms with Crippen LogP contribution in [0, 0.1) is 11.8 Å². The predicted molar refractivity (Wildman–Crippen MR) is 91.0 cm³/mol. The van der Waals surface area contributed by atoms with E-state index < -0.39 is 0 Å². The van der Waals surface area contributed by atoms with Crippen LogP contribution >= 0.6 is 15.9 Å². The van der Waals surface area contributed by atoms with Crippen molar-refractivity contribution in [1.82, 2.24) is 9.80 Å². The normalized spacial score (nSPS) is 30.1. The number of hydrogen-bond donors (Lipinski definition) is 0. The molecule has 0 aromatic heterocycles. The number of likely N-dealkylation sites (tertiary alicyclic amines) is 1. The number of fused-ring (bicyclic) bond motifs is 4. The molecule has 3 atom stereocenters. The van der Waals surface area contributed by atoms with E-state index in [1.165, 1.54) is 0 Å². The van der Waals surface area contributed by atoms with E-state index in [1.807, 2.05) is 29.2 Å². The van der Waals surface area contributed by atoms with E-state index in [0.29, 0.717) is 30.2 Å². The van der Waals surface area contributed by atoms with Gasteiger partial charge >= 0.3 is 0 Å². The van der Waals surface area contributed by atoms with Crippen molar-refractivity contribution in [3.63, 3.8) is 0 Å². The van der Waals surface area contributed by atoms with Crippen molar-refractivity contribution in [2.75, 3.05) is 19.6 Å². The van der Waals surface area contributed by atoms with Gasteiger partial charge in [-0.25, -0.2) is 0 Å². The van der Waals surface area contributed by atoms with Crippen LogP contribution in [-0.2, 0) is 4.79 Å². The third-order valence-electron chi connectivity index (χ3n) is 5.57. The second-order valence-corrected chi connectivity index (χ2v) is 7.91. The highest BCUT2D eigenvalue weighted by atomic mass is 79.9. The largest absolute Gasteiger partial charge is 0.339 e. The highest BCUT2D eigenvalue weighted by molar-refractivity contribution is 9.10. The maximum Gasteiger partial charge on any atom is 0.255 e. The van der Waals surface area contributed by atoms with Crippen molar-refractivity contribution in [1.29, 1.82) is 0 Å². The number of piperidine rings is 3. The molecule has 3 fully saturated rings.